The molecule has 22 heavy (non-hydrogen) atoms. The Kier molecular flexibility index (Phi) is 4.10. The van der Waals surface area contributed by atoms with Gasteiger partial charge in [-0.25, -0.2) is 9.67 Å². The normalized spacial score (nSPS) is 28.8. The lowest BCUT2D eigenvalue weighted by Gasteiger charge is -2.34. The fourth-order valence-corrected chi connectivity index (χ4v) is 3.13. The van der Waals surface area contributed by atoms with Crippen LogP contribution in [0.15, 0.2) is 6.33 Å². The minimum Gasteiger partial charge on any atom is -0.368 e. The van der Waals surface area contributed by atoms with Crippen molar-refractivity contribution in [1.29, 1.82) is 0 Å². The zero-order valence-electron chi connectivity index (χ0n) is 12.6. The molecule has 0 aromatic carbocycles. The third-order valence-corrected chi connectivity index (χ3v) is 4.44. The Hall–Kier alpha value is -1.96. The van der Waals surface area contributed by atoms with Gasteiger partial charge in [-0.3, -0.25) is 9.59 Å². The lowest BCUT2D eigenvalue weighted by atomic mass is 10.0. The molecule has 1 aromatic rings. The Morgan fingerprint density at radius 2 is 2.23 bits per heavy atom. The summed E-state index contributed by atoms with van der Waals surface area (Å²) in [7, 11) is 0. The highest BCUT2D eigenvalue weighted by Crippen LogP contribution is 2.26. The molecule has 2 fully saturated rings. The van der Waals surface area contributed by atoms with Crippen molar-refractivity contribution in [3.05, 3.63) is 12.2 Å². The Balaban J connectivity index is 1.68. The summed E-state index contributed by atoms with van der Waals surface area (Å²) in [5.41, 5.74) is 5.17. The largest absolute Gasteiger partial charge is 0.368 e. The van der Waals surface area contributed by atoms with Crippen LogP contribution >= 0.6 is 0 Å². The third kappa shape index (κ3) is 2.83. The highest BCUT2D eigenvalue weighted by molar-refractivity contribution is 5.88. The molecule has 3 atom stereocenters. The summed E-state index contributed by atoms with van der Waals surface area (Å²) in [6.45, 7) is 4.00. The van der Waals surface area contributed by atoms with Crippen molar-refractivity contribution < 1.29 is 14.3 Å². The topological polar surface area (TPSA) is 103 Å². The minimum atomic E-state index is -0.643. The number of carbonyl (C=O) groups is 2. The Morgan fingerprint density at radius 1 is 1.41 bits per heavy atom. The first kappa shape index (κ1) is 15.0. The standard InChI is InChI=1S/C14H21N5O3/c1-9-4-6-22-11(9)14(21)18-5-2-3-10(7-18)19-8-16-13(17-19)12(15)20/h8-11H,2-7H2,1H3,(H2,15,20)/t9-,10-,11+/m1/s1. The van der Waals surface area contributed by atoms with Gasteiger partial charge in [0.05, 0.1) is 6.04 Å². The van der Waals surface area contributed by atoms with Crippen molar-refractivity contribution >= 4 is 11.8 Å². The number of hydrogen-bond donors (Lipinski definition) is 1. The van der Waals surface area contributed by atoms with Gasteiger partial charge in [0, 0.05) is 19.7 Å². The van der Waals surface area contributed by atoms with Gasteiger partial charge in [-0.15, -0.1) is 5.10 Å². The second-order valence-corrected chi connectivity index (χ2v) is 6.05. The second-order valence-electron chi connectivity index (χ2n) is 6.05. The van der Waals surface area contributed by atoms with E-state index in [1.807, 2.05) is 11.8 Å². The number of amides is 2. The van der Waals surface area contributed by atoms with Crippen LogP contribution in [0.3, 0.4) is 0 Å². The summed E-state index contributed by atoms with van der Waals surface area (Å²) >= 11 is 0. The van der Waals surface area contributed by atoms with Gasteiger partial charge in [0.2, 0.25) is 5.82 Å². The summed E-state index contributed by atoms with van der Waals surface area (Å²) in [5, 5.41) is 4.10. The van der Waals surface area contributed by atoms with Gasteiger partial charge < -0.3 is 15.4 Å². The number of hydrogen-bond acceptors (Lipinski definition) is 5. The van der Waals surface area contributed by atoms with E-state index in [1.165, 1.54) is 6.33 Å². The number of nitrogens with zero attached hydrogens (tertiary/aromatic N) is 4. The molecule has 8 heteroatoms. The van der Waals surface area contributed by atoms with Gasteiger partial charge in [0.25, 0.3) is 11.8 Å². The van der Waals surface area contributed by atoms with Crippen LogP contribution in [0.4, 0.5) is 0 Å². The number of rotatable bonds is 3. The second kappa shape index (κ2) is 6.04. The molecular weight excluding hydrogens is 286 g/mol. The SMILES string of the molecule is C[C@@H]1CCO[C@@H]1C(=O)N1CCC[C@@H](n2cnc(C(N)=O)n2)C1. The molecule has 3 rings (SSSR count). The molecule has 0 saturated carbocycles. The van der Waals surface area contributed by atoms with E-state index in [9.17, 15) is 9.59 Å². The molecule has 2 amide bonds. The molecule has 2 saturated heterocycles. The number of likely N-dealkylation sites (tertiary alicyclic amines) is 1. The van der Waals surface area contributed by atoms with Crippen molar-refractivity contribution in [3.63, 3.8) is 0 Å². The van der Waals surface area contributed by atoms with Gasteiger partial charge >= 0.3 is 0 Å². The third-order valence-electron chi connectivity index (χ3n) is 4.44. The molecule has 0 aliphatic carbocycles. The molecule has 2 aliphatic rings. The van der Waals surface area contributed by atoms with Crippen molar-refractivity contribution in [2.75, 3.05) is 19.7 Å². The average Bonchev–Trinajstić information content (AvgIpc) is 3.15. The Bertz CT molecular complexity index is 573. The summed E-state index contributed by atoms with van der Waals surface area (Å²) in [5.74, 6) is -0.308. The highest BCUT2D eigenvalue weighted by atomic mass is 16.5. The molecular formula is C14H21N5O3. The Morgan fingerprint density at radius 3 is 2.86 bits per heavy atom. The lowest BCUT2D eigenvalue weighted by molar-refractivity contribution is -0.144. The van der Waals surface area contributed by atoms with Crippen LogP contribution in [-0.4, -0.2) is 57.3 Å². The number of piperidine rings is 1. The molecule has 0 bridgehead atoms. The summed E-state index contributed by atoms with van der Waals surface area (Å²) in [4.78, 5) is 29.4. The van der Waals surface area contributed by atoms with Gasteiger partial charge in [0.1, 0.15) is 12.4 Å². The summed E-state index contributed by atoms with van der Waals surface area (Å²) < 4.78 is 7.21. The van der Waals surface area contributed by atoms with E-state index in [0.717, 1.165) is 25.8 Å². The van der Waals surface area contributed by atoms with E-state index >= 15 is 0 Å². The van der Waals surface area contributed by atoms with E-state index in [0.29, 0.717) is 13.2 Å². The number of primary amides is 1. The highest BCUT2D eigenvalue weighted by Gasteiger charge is 2.36. The van der Waals surface area contributed by atoms with Crippen LogP contribution in [-0.2, 0) is 9.53 Å². The van der Waals surface area contributed by atoms with E-state index in [4.69, 9.17) is 10.5 Å². The molecule has 1 aromatic heterocycles. The van der Waals surface area contributed by atoms with Crippen LogP contribution in [0.5, 0.6) is 0 Å². The fraction of sp³-hybridized carbons (Fsp3) is 0.714. The van der Waals surface area contributed by atoms with Crippen LogP contribution < -0.4 is 5.73 Å². The van der Waals surface area contributed by atoms with Gasteiger partial charge in [0.15, 0.2) is 0 Å². The zero-order chi connectivity index (χ0) is 15.7. The summed E-state index contributed by atoms with van der Waals surface area (Å²) in [6.07, 6.45) is 3.90. The number of carbonyl (C=O) groups excluding carboxylic acids is 2. The smallest absolute Gasteiger partial charge is 0.288 e. The maximum Gasteiger partial charge on any atom is 0.288 e. The van der Waals surface area contributed by atoms with E-state index in [1.54, 1.807) is 4.68 Å². The molecule has 2 N–H and O–H groups in total. The first-order chi connectivity index (χ1) is 10.6. The average molecular weight is 307 g/mol. The number of aromatic nitrogens is 3. The van der Waals surface area contributed by atoms with Gasteiger partial charge in [-0.2, -0.15) is 0 Å². The Labute approximate surface area is 128 Å². The molecule has 0 unspecified atom stereocenters. The van der Waals surface area contributed by atoms with Crippen molar-refractivity contribution in [1.82, 2.24) is 19.7 Å². The lowest BCUT2D eigenvalue weighted by Crippen LogP contribution is -2.46. The number of ether oxygens (including phenoxy) is 1. The maximum atomic E-state index is 12.6. The molecule has 120 valence electrons. The van der Waals surface area contributed by atoms with Gasteiger partial charge in [-0.1, -0.05) is 6.92 Å². The van der Waals surface area contributed by atoms with E-state index in [2.05, 4.69) is 10.1 Å². The predicted octanol–water partition coefficient (Wildman–Crippen LogP) is -0.0345. The quantitative estimate of drug-likeness (QED) is 0.844. The van der Waals surface area contributed by atoms with E-state index in [-0.39, 0.29) is 29.8 Å². The minimum absolute atomic E-state index is 0.0104. The van der Waals surface area contributed by atoms with Crippen LogP contribution in [0, 0.1) is 5.92 Å². The first-order valence-corrected chi connectivity index (χ1v) is 7.67. The number of nitrogens with two attached hydrogens (primary N) is 1. The van der Waals surface area contributed by atoms with E-state index < -0.39 is 5.91 Å². The first-order valence-electron chi connectivity index (χ1n) is 7.67. The summed E-state index contributed by atoms with van der Waals surface area (Å²) in [6, 6.07) is 0.0232. The van der Waals surface area contributed by atoms with Crippen molar-refractivity contribution in [2.24, 2.45) is 11.7 Å². The molecule has 0 radical (unpaired) electrons. The van der Waals surface area contributed by atoms with Gasteiger partial charge in [-0.05, 0) is 25.2 Å². The van der Waals surface area contributed by atoms with Crippen LogP contribution in [0.2, 0.25) is 0 Å². The van der Waals surface area contributed by atoms with Crippen molar-refractivity contribution in [2.45, 2.75) is 38.3 Å². The maximum absolute atomic E-state index is 12.6. The molecule has 2 aliphatic heterocycles. The zero-order valence-corrected chi connectivity index (χ0v) is 12.6. The predicted molar refractivity (Wildman–Crippen MR) is 76.9 cm³/mol. The van der Waals surface area contributed by atoms with Crippen LogP contribution in [0.25, 0.3) is 0 Å². The monoisotopic (exact) mass is 307 g/mol. The molecule has 8 nitrogen and oxygen atoms in total. The molecule has 0 spiro atoms. The molecule has 3 heterocycles. The fourth-order valence-electron chi connectivity index (χ4n) is 3.13. The van der Waals surface area contributed by atoms with Crippen LogP contribution in [0.1, 0.15) is 42.8 Å². The van der Waals surface area contributed by atoms with Crippen molar-refractivity contribution in [3.8, 4) is 0 Å².